The Morgan fingerprint density at radius 3 is 2.47 bits per heavy atom. The van der Waals surface area contributed by atoms with Gasteiger partial charge in [0.2, 0.25) is 0 Å². The van der Waals surface area contributed by atoms with Gasteiger partial charge in [-0.1, -0.05) is 0 Å². The molecule has 15 heavy (non-hydrogen) atoms. The van der Waals surface area contributed by atoms with E-state index in [1.165, 1.54) is 0 Å². The Bertz CT molecular complexity index is 250. The Balaban J connectivity index is 2.63. The Morgan fingerprint density at radius 2 is 1.80 bits per heavy atom. The summed E-state index contributed by atoms with van der Waals surface area (Å²) in [5, 5.41) is 18.7. The number of ketones is 1. The summed E-state index contributed by atoms with van der Waals surface area (Å²) in [6.07, 6.45) is -2.33. The zero-order valence-electron chi connectivity index (χ0n) is 8.68. The first-order valence-corrected chi connectivity index (χ1v) is 5.06. The van der Waals surface area contributed by atoms with E-state index < -0.39 is 18.2 Å². The van der Waals surface area contributed by atoms with Crippen LogP contribution in [0.4, 0.5) is 0 Å². The lowest BCUT2D eigenvalue weighted by molar-refractivity contribution is -0.154. The third-order valence-corrected chi connectivity index (χ3v) is 2.42. The molecule has 0 radical (unpaired) electrons. The van der Waals surface area contributed by atoms with Gasteiger partial charge in [0, 0.05) is 12.8 Å². The van der Waals surface area contributed by atoms with E-state index in [4.69, 9.17) is 4.74 Å². The van der Waals surface area contributed by atoms with E-state index in [-0.39, 0.29) is 31.1 Å². The van der Waals surface area contributed by atoms with Crippen LogP contribution in [0.3, 0.4) is 0 Å². The third kappa shape index (κ3) is 3.97. The zero-order valence-corrected chi connectivity index (χ0v) is 8.68. The highest BCUT2D eigenvalue weighted by Crippen LogP contribution is 2.13. The van der Waals surface area contributed by atoms with Crippen LogP contribution in [0.2, 0.25) is 0 Å². The van der Waals surface area contributed by atoms with Crippen LogP contribution in [0, 0.1) is 0 Å². The lowest BCUT2D eigenvalue weighted by atomic mass is 10.0. The molecule has 86 valence electrons. The summed E-state index contributed by atoms with van der Waals surface area (Å²) in [4.78, 5) is 22.4. The molecule has 1 saturated heterocycles. The minimum atomic E-state index is -1.22. The molecule has 0 aliphatic carbocycles. The van der Waals surface area contributed by atoms with Crippen LogP contribution >= 0.6 is 0 Å². The fourth-order valence-corrected chi connectivity index (χ4v) is 1.47. The van der Waals surface area contributed by atoms with Gasteiger partial charge in [-0.2, -0.15) is 0 Å². The van der Waals surface area contributed by atoms with Gasteiger partial charge < -0.3 is 14.9 Å². The Morgan fingerprint density at radius 1 is 1.20 bits per heavy atom. The first kappa shape index (κ1) is 12.1. The number of Topliss-reactive ketones (excluding diaryl/α,β-unsaturated/α-hetero) is 1. The van der Waals surface area contributed by atoms with Gasteiger partial charge in [0.25, 0.3) is 0 Å². The average Bonchev–Trinajstić information content (AvgIpc) is 2.13. The van der Waals surface area contributed by atoms with Crippen LogP contribution in [-0.4, -0.2) is 40.3 Å². The van der Waals surface area contributed by atoms with Gasteiger partial charge >= 0.3 is 5.97 Å². The molecule has 0 aromatic carbocycles. The maximum Gasteiger partial charge on any atom is 0.308 e. The van der Waals surface area contributed by atoms with Gasteiger partial charge in [-0.3, -0.25) is 9.59 Å². The summed E-state index contributed by atoms with van der Waals surface area (Å²) in [7, 11) is 0. The van der Waals surface area contributed by atoms with Crippen molar-refractivity contribution in [1.82, 2.24) is 0 Å². The maximum absolute atomic E-state index is 11.3. The number of hydrogen-bond donors (Lipinski definition) is 2. The van der Waals surface area contributed by atoms with Gasteiger partial charge in [-0.15, -0.1) is 0 Å². The largest absolute Gasteiger partial charge is 0.463 e. The molecule has 1 aliphatic rings. The van der Waals surface area contributed by atoms with E-state index in [0.29, 0.717) is 6.42 Å². The second kappa shape index (κ2) is 5.23. The molecule has 5 heteroatoms. The van der Waals surface area contributed by atoms with Gasteiger partial charge in [0.1, 0.15) is 5.78 Å². The van der Waals surface area contributed by atoms with Crippen molar-refractivity contribution in [1.29, 1.82) is 0 Å². The lowest BCUT2D eigenvalue weighted by Gasteiger charge is -2.20. The second-order valence-corrected chi connectivity index (χ2v) is 3.92. The summed E-state index contributed by atoms with van der Waals surface area (Å²) in [5.41, 5.74) is 0. The van der Waals surface area contributed by atoms with Crippen LogP contribution in [0.25, 0.3) is 0 Å². The molecule has 0 unspecified atom stereocenters. The molecule has 0 amide bonds. The molecule has 2 N–H and O–H groups in total. The van der Waals surface area contributed by atoms with Crippen molar-refractivity contribution in [2.24, 2.45) is 0 Å². The summed E-state index contributed by atoms with van der Waals surface area (Å²) >= 11 is 0. The molecule has 0 bridgehead atoms. The summed E-state index contributed by atoms with van der Waals surface area (Å²) < 4.78 is 4.93. The van der Waals surface area contributed by atoms with Gasteiger partial charge in [-0.05, 0) is 13.3 Å². The zero-order chi connectivity index (χ0) is 11.4. The molecule has 0 saturated carbocycles. The smallest absolute Gasteiger partial charge is 0.308 e. The Kier molecular flexibility index (Phi) is 4.23. The number of ether oxygens (including phenoxy) is 1. The molecule has 0 spiro atoms. The van der Waals surface area contributed by atoms with E-state index in [2.05, 4.69) is 0 Å². The molecule has 0 aromatic rings. The molecular weight excluding hydrogens is 200 g/mol. The highest BCUT2D eigenvalue weighted by atomic mass is 16.5. The Labute approximate surface area is 88.0 Å². The Hall–Kier alpha value is -0.940. The second-order valence-electron chi connectivity index (χ2n) is 3.92. The molecule has 5 nitrogen and oxygen atoms in total. The van der Waals surface area contributed by atoms with E-state index >= 15 is 0 Å². The van der Waals surface area contributed by atoms with Crippen molar-refractivity contribution in [3.05, 3.63) is 0 Å². The maximum atomic E-state index is 11.3. The van der Waals surface area contributed by atoms with Crippen molar-refractivity contribution in [2.75, 3.05) is 0 Å². The number of carbonyl (C=O) groups is 2. The van der Waals surface area contributed by atoms with Crippen molar-refractivity contribution < 1.29 is 24.5 Å². The molecule has 1 fully saturated rings. The molecule has 1 aliphatic heterocycles. The number of hydrogen-bond acceptors (Lipinski definition) is 5. The lowest BCUT2D eigenvalue weighted by Crippen LogP contribution is -2.33. The highest BCUT2D eigenvalue weighted by molar-refractivity contribution is 5.79. The average molecular weight is 216 g/mol. The van der Waals surface area contributed by atoms with Crippen LogP contribution in [-0.2, 0) is 14.3 Å². The fourth-order valence-electron chi connectivity index (χ4n) is 1.47. The normalized spacial score (nSPS) is 34.7. The summed E-state index contributed by atoms with van der Waals surface area (Å²) in [5.74, 6) is -0.658. The number of esters is 1. The first-order chi connectivity index (χ1) is 6.99. The van der Waals surface area contributed by atoms with E-state index in [1.54, 1.807) is 6.92 Å². The predicted molar refractivity (Wildman–Crippen MR) is 51.0 cm³/mol. The minimum absolute atomic E-state index is 0.0961. The monoisotopic (exact) mass is 216 g/mol. The number of cyclic esters (lactones) is 1. The minimum Gasteiger partial charge on any atom is -0.463 e. The van der Waals surface area contributed by atoms with Crippen molar-refractivity contribution in [3.8, 4) is 0 Å². The van der Waals surface area contributed by atoms with Crippen LogP contribution in [0.5, 0.6) is 0 Å². The quantitative estimate of drug-likeness (QED) is 0.547. The number of aliphatic hydroxyl groups excluding tert-OH is 2. The van der Waals surface area contributed by atoms with Crippen molar-refractivity contribution in [2.45, 2.75) is 50.9 Å². The van der Waals surface area contributed by atoms with Crippen LogP contribution in [0.1, 0.15) is 32.6 Å². The van der Waals surface area contributed by atoms with E-state index in [0.717, 1.165) is 0 Å². The van der Waals surface area contributed by atoms with Crippen molar-refractivity contribution >= 4 is 11.8 Å². The molecule has 1 heterocycles. The molecule has 1 rings (SSSR count). The number of rotatable bonds is 0. The third-order valence-electron chi connectivity index (χ3n) is 2.42. The number of aliphatic hydroxyl groups is 2. The van der Waals surface area contributed by atoms with Gasteiger partial charge in [0.05, 0.1) is 24.7 Å². The highest BCUT2D eigenvalue weighted by Gasteiger charge is 2.25. The number of carbonyl (C=O) groups excluding carboxylic acids is 2. The summed E-state index contributed by atoms with van der Waals surface area (Å²) in [6.45, 7) is 1.70. The van der Waals surface area contributed by atoms with Gasteiger partial charge in [-0.25, -0.2) is 0 Å². The van der Waals surface area contributed by atoms with E-state index in [1.807, 2.05) is 0 Å². The molecular formula is C10H16O5. The standard InChI is InChI=1S/C10H16O5/c1-6-2-3-7(11)4-8(12)9(13)5-10(14)15-6/h6,8-9,12-13H,2-5H2,1H3/t6-,8-,9+/m0/s1. The topological polar surface area (TPSA) is 83.8 Å². The summed E-state index contributed by atoms with van der Waals surface area (Å²) in [6, 6.07) is 0. The SMILES string of the molecule is C[C@H]1CCC(=O)C[C@H](O)[C@H](O)CC(=O)O1. The predicted octanol–water partition coefficient (Wildman–Crippen LogP) is -0.217. The molecule has 0 aromatic heterocycles. The fraction of sp³-hybridized carbons (Fsp3) is 0.800. The van der Waals surface area contributed by atoms with Crippen LogP contribution < -0.4 is 0 Å². The van der Waals surface area contributed by atoms with Crippen molar-refractivity contribution in [3.63, 3.8) is 0 Å². The van der Waals surface area contributed by atoms with Gasteiger partial charge in [0.15, 0.2) is 0 Å². The first-order valence-electron chi connectivity index (χ1n) is 5.06. The van der Waals surface area contributed by atoms with Crippen LogP contribution in [0.15, 0.2) is 0 Å². The van der Waals surface area contributed by atoms with E-state index in [9.17, 15) is 19.8 Å². The molecule has 3 atom stereocenters.